The molecule has 1 aliphatic heterocycles. The maximum atomic E-state index is 12.5. The SMILES string of the molecule is NCC1CCN(S(=O)(=O)c2cccc(Cl)c2Br)C1. The first-order valence-electron chi connectivity index (χ1n) is 5.61. The van der Waals surface area contributed by atoms with E-state index in [4.69, 9.17) is 17.3 Å². The Labute approximate surface area is 120 Å². The average molecular weight is 354 g/mol. The van der Waals surface area contributed by atoms with Crippen molar-refractivity contribution in [1.82, 2.24) is 4.31 Å². The first-order valence-corrected chi connectivity index (χ1v) is 8.22. The summed E-state index contributed by atoms with van der Waals surface area (Å²) in [6.45, 7) is 1.52. The van der Waals surface area contributed by atoms with Crippen molar-refractivity contribution in [2.75, 3.05) is 19.6 Å². The molecule has 1 aromatic carbocycles. The van der Waals surface area contributed by atoms with Gasteiger partial charge in [0, 0.05) is 13.1 Å². The van der Waals surface area contributed by atoms with Gasteiger partial charge in [0.05, 0.1) is 14.4 Å². The summed E-state index contributed by atoms with van der Waals surface area (Å²) in [4.78, 5) is 0.215. The second kappa shape index (κ2) is 5.46. The maximum absolute atomic E-state index is 12.5. The summed E-state index contributed by atoms with van der Waals surface area (Å²) in [5, 5.41) is 0.394. The molecule has 2 rings (SSSR count). The van der Waals surface area contributed by atoms with Crippen molar-refractivity contribution < 1.29 is 8.42 Å². The molecule has 0 bridgehead atoms. The van der Waals surface area contributed by atoms with Gasteiger partial charge in [-0.2, -0.15) is 4.31 Å². The average Bonchev–Trinajstić information content (AvgIpc) is 2.81. The fraction of sp³-hybridized carbons (Fsp3) is 0.455. The van der Waals surface area contributed by atoms with Crippen LogP contribution in [0, 0.1) is 5.92 Å². The quantitative estimate of drug-likeness (QED) is 0.905. The van der Waals surface area contributed by atoms with E-state index < -0.39 is 10.0 Å². The summed E-state index contributed by atoms with van der Waals surface area (Å²) < 4.78 is 26.8. The molecule has 100 valence electrons. The molecule has 7 heteroatoms. The molecular weight excluding hydrogens is 340 g/mol. The lowest BCUT2D eigenvalue weighted by molar-refractivity contribution is 0.459. The number of hydrogen-bond donors (Lipinski definition) is 1. The van der Waals surface area contributed by atoms with Crippen LogP contribution in [0.5, 0.6) is 0 Å². The normalized spacial score (nSPS) is 21.4. The Morgan fingerprint density at radius 3 is 2.83 bits per heavy atom. The smallest absolute Gasteiger partial charge is 0.244 e. The number of rotatable bonds is 3. The molecule has 0 aromatic heterocycles. The van der Waals surface area contributed by atoms with Gasteiger partial charge >= 0.3 is 0 Å². The van der Waals surface area contributed by atoms with Crippen LogP contribution in [0.1, 0.15) is 6.42 Å². The van der Waals surface area contributed by atoms with E-state index in [2.05, 4.69) is 15.9 Å². The Morgan fingerprint density at radius 1 is 1.50 bits per heavy atom. The van der Waals surface area contributed by atoms with Crippen molar-refractivity contribution in [3.8, 4) is 0 Å². The Balaban J connectivity index is 2.35. The van der Waals surface area contributed by atoms with Gasteiger partial charge < -0.3 is 5.73 Å². The molecule has 1 aliphatic rings. The van der Waals surface area contributed by atoms with Crippen molar-refractivity contribution in [3.05, 3.63) is 27.7 Å². The van der Waals surface area contributed by atoms with Crippen LogP contribution in [0.4, 0.5) is 0 Å². The van der Waals surface area contributed by atoms with E-state index >= 15 is 0 Å². The topological polar surface area (TPSA) is 63.4 Å². The van der Waals surface area contributed by atoms with Crippen LogP contribution in [0.15, 0.2) is 27.6 Å². The molecule has 1 heterocycles. The molecule has 1 unspecified atom stereocenters. The first-order chi connectivity index (χ1) is 8.46. The van der Waals surface area contributed by atoms with Crippen LogP contribution >= 0.6 is 27.5 Å². The van der Waals surface area contributed by atoms with Crippen LogP contribution in [0.2, 0.25) is 5.02 Å². The summed E-state index contributed by atoms with van der Waals surface area (Å²) in [5.74, 6) is 0.248. The Hall–Kier alpha value is -0.140. The van der Waals surface area contributed by atoms with E-state index in [0.717, 1.165) is 6.42 Å². The molecule has 1 atom stereocenters. The molecule has 0 aliphatic carbocycles. The van der Waals surface area contributed by atoms with Crippen LogP contribution in [0.25, 0.3) is 0 Å². The highest BCUT2D eigenvalue weighted by molar-refractivity contribution is 9.10. The minimum Gasteiger partial charge on any atom is -0.330 e. The second-order valence-electron chi connectivity index (χ2n) is 4.31. The standard InChI is InChI=1S/C11H14BrClN2O2S/c12-11-9(13)2-1-3-10(11)18(16,17)15-5-4-8(6-14)7-15/h1-3,8H,4-7,14H2. The Morgan fingerprint density at radius 2 is 2.22 bits per heavy atom. The zero-order valence-electron chi connectivity index (χ0n) is 9.64. The third-order valence-electron chi connectivity index (χ3n) is 3.12. The predicted octanol–water partition coefficient (Wildman–Crippen LogP) is 2.07. The molecule has 0 spiro atoms. The number of nitrogens with two attached hydrogens (primary N) is 1. The second-order valence-corrected chi connectivity index (χ2v) is 7.41. The number of nitrogens with zero attached hydrogens (tertiary/aromatic N) is 1. The predicted molar refractivity (Wildman–Crippen MR) is 75.1 cm³/mol. The lowest BCUT2D eigenvalue weighted by atomic mass is 10.1. The van der Waals surface area contributed by atoms with E-state index in [0.29, 0.717) is 29.1 Å². The molecule has 1 aromatic rings. The first kappa shape index (κ1) is 14.3. The van der Waals surface area contributed by atoms with Gasteiger partial charge in [-0.05, 0) is 46.9 Å². The monoisotopic (exact) mass is 352 g/mol. The van der Waals surface area contributed by atoms with Crippen molar-refractivity contribution in [3.63, 3.8) is 0 Å². The fourth-order valence-corrected chi connectivity index (χ4v) is 4.76. The summed E-state index contributed by atoms with van der Waals surface area (Å²) in [5.41, 5.74) is 5.58. The molecule has 0 radical (unpaired) electrons. The highest BCUT2D eigenvalue weighted by Crippen LogP contribution is 2.33. The number of halogens is 2. The van der Waals surface area contributed by atoms with Crippen LogP contribution < -0.4 is 5.73 Å². The van der Waals surface area contributed by atoms with Gasteiger partial charge in [-0.1, -0.05) is 17.7 Å². The van der Waals surface area contributed by atoms with E-state index in [1.807, 2.05) is 0 Å². The van der Waals surface area contributed by atoms with E-state index in [1.165, 1.54) is 4.31 Å². The Kier molecular flexibility index (Phi) is 4.33. The van der Waals surface area contributed by atoms with Crippen LogP contribution in [-0.2, 0) is 10.0 Å². The van der Waals surface area contributed by atoms with Crippen LogP contribution in [-0.4, -0.2) is 32.4 Å². The summed E-state index contributed by atoms with van der Waals surface area (Å²) in [6.07, 6.45) is 0.813. The van der Waals surface area contributed by atoms with E-state index in [-0.39, 0.29) is 10.8 Å². The highest BCUT2D eigenvalue weighted by atomic mass is 79.9. The van der Waals surface area contributed by atoms with E-state index in [9.17, 15) is 8.42 Å². The van der Waals surface area contributed by atoms with Crippen molar-refractivity contribution >= 4 is 37.6 Å². The number of hydrogen-bond acceptors (Lipinski definition) is 3. The molecule has 4 nitrogen and oxygen atoms in total. The van der Waals surface area contributed by atoms with Gasteiger partial charge in [-0.25, -0.2) is 8.42 Å². The zero-order valence-corrected chi connectivity index (χ0v) is 12.8. The van der Waals surface area contributed by atoms with Crippen molar-refractivity contribution in [2.45, 2.75) is 11.3 Å². The highest BCUT2D eigenvalue weighted by Gasteiger charge is 2.33. The lowest BCUT2D eigenvalue weighted by Gasteiger charge is -2.17. The Bertz CT molecular complexity index is 550. The van der Waals surface area contributed by atoms with Gasteiger partial charge in [0.15, 0.2) is 0 Å². The van der Waals surface area contributed by atoms with Crippen molar-refractivity contribution in [1.29, 1.82) is 0 Å². The van der Waals surface area contributed by atoms with Gasteiger partial charge in [0.1, 0.15) is 0 Å². The van der Waals surface area contributed by atoms with Crippen molar-refractivity contribution in [2.24, 2.45) is 11.7 Å². The van der Waals surface area contributed by atoms with E-state index in [1.54, 1.807) is 18.2 Å². The lowest BCUT2D eigenvalue weighted by Crippen LogP contribution is -2.30. The number of sulfonamides is 1. The summed E-state index contributed by atoms with van der Waals surface area (Å²) >= 11 is 9.17. The summed E-state index contributed by atoms with van der Waals surface area (Å²) in [6, 6.07) is 4.84. The van der Waals surface area contributed by atoms with Crippen LogP contribution in [0.3, 0.4) is 0 Å². The fourth-order valence-electron chi connectivity index (χ4n) is 2.03. The summed E-state index contributed by atoms with van der Waals surface area (Å²) in [7, 11) is -3.49. The molecular formula is C11H14BrClN2O2S. The minimum atomic E-state index is -3.49. The molecule has 1 fully saturated rings. The maximum Gasteiger partial charge on any atom is 0.244 e. The molecule has 18 heavy (non-hydrogen) atoms. The number of benzene rings is 1. The molecule has 0 saturated carbocycles. The minimum absolute atomic E-state index is 0.215. The van der Waals surface area contributed by atoms with Gasteiger partial charge in [-0.15, -0.1) is 0 Å². The third kappa shape index (κ3) is 2.58. The van der Waals surface area contributed by atoms with Gasteiger partial charge in [0.25, 0.3) is 0 Å². The molecule has 1 saturated heterocycles. The molecule has 2 N–H and O–H groups in total. The molecule has 0 amide bonds. The largest absolute Gasteiger partial charge is 0.330 e. The third-order valence-corrected chi connectivity index (χ3v) is 6.68. The zero-order chi connectivity index (χ0) is 13.3. The van der Waals surface area contributed by atoms with Gasteiger partial charge in [0.2, 0.25) is 10.0 Å². The van der Waals surface area contributed by atoms with Gasteiger partial charge in [-0.3, -0.25) is 0 Å².